The zero-order valence-corrected chi connectivity index (χ0v) is 13.6. The van der Waals surface area contributed by atoms with E-state index < -0.39 is 0 Å². The monoisotopic (exact) mass is 383 g/mol. The van der Waals surface area contributed by atoms with Gasteiger partial charge in [-0.1, -0.05) is 44.2 Å². The second kappa shape index (κ2) is 6.05. The van der Waals surface area contributed by atoms with Crippen molar-refractivity contribution in [3.8, 4) is 11.5 Å². The number of nitrogens with zero attached hydrogens (tertiary/aromatic N) is 2. The standard InChI is InChI=1S/C14H8BrCl2N3O/c15-8-1-4-10(5-2-8)18-14-20-19-13(21-14)11-6-3-9(16)7-12(11)17/h1-7H,(H,18,20). The lowest BCUT2D eigenvalue weighted by molar-refractivity contribution is 0.587. The van der Waals surface area contributed by atoms with Crippen molar-refractivity contribution in [2.75, 3.05) is 5.32 Å². The van der Waals surface area contributed by atoms with E-state index in [-0.39, 0.29) is 0 Å². The molecule has 106 valence electrons. The van der Waals surface area contributed by atoms with Gasteiger partial charge < -0.3 is 9.73 Å². The Kier molecular flexibility index (Phi) is 4.14. The molecule has 0 atom stereocenters. The number of anilines is 2. The second-order valence-electron chi connectivity index (χ2n) is 4.17. The average molecular weight is 385 g/mol. The van der Waals surface area contributed by atoms with Gasteiger partial charge in [-0.3, -0.25) is 0 Å². The fourth-order valence-corrected chi connectivity index (χ4v) is 2.46. The van der Waals surface area contributed by atoms with Crippen LogP contribution in [-0.2, 0) is 0 Å². The van der Waals surface area contributed by atoms with Crippen molar-refractivity contribution in [2.45, 2.75) is 0 Å². The Balaban J connectivity index is 1.84. The highest BCUT2D eigenvalue weighted by Crippen LogP contribution is 2.30. The van der Waals surface area contributed by atoms with Crippen LogP contribution in [0.5, 0.6) is 0 Å². The van der Waals surface area contributed by atoms with E-state index in [2.05, 4.69) is 31.4 Å². The van der Waals surface area contributed by atoms with Gasteiger partial charge in [0.15, 0.2) is 0 Å². The fourth-order valence-electron chi connectivity index (χ4n) is 1.70. The molecule has 0 fully saturated rings. The lowest BCUT2D eigenvalue weighted by Crippen LogP contribution is -1.89. The minimum atomic E-state index is 0.290. The zero-order chi connectivity index (χ0) is 14.8. The van der Waals surface area contributed by atoms with E-state index in [1.807, 2.05) is 24.3 Å². The third-order valence-corrected chi connectivity index (χ3v) is 3.76. The molecule has 0 saturated carbocycles. The second-order valence-corrected chi connectivity index (χ2v) is 5.93. The van der Waals surface area contributed by atoms with Gasteiger partial charge in [0, 0.05) is 15.2 Å². The molecule has 0 amide bonds. The lowest BCUT2D eigenvalue weighted by Gasteiger charge is -2.01. The number of hydrogen-bond acceptors (Lipinski definition) is 4. The predicted octanol–water partition coefficient (Wildman–Crippen LogP) is 5.55. The van der Waals surface area contributed by atoms with Crippen LogP contribution in [0, 0.1) is 0 Å². The molecule has 2 aromatic carbocycles. The van der Waals surface area contributed by atoms with Gasteiger partial charge in [-0.25, -0.2) is 0 Å². The highest BCUT2D eigenvalue weighted by molar-refractivity contribution is 9.10. The van der Waals surface area contributed by atoms with Crippen LogP contribution in [0.15, 0.2) is 51.4 Å². The van der Waals surface area contributed by atoms with Crippen LogP contribution in [0.25, 0.3) is 11.5 Å². The maximum Gasteiger partial charge on any atom is 0.320 e. The van der Waals surface area contributed by atoms with Crippen molar-refractivity contribution >= 4 is 50.8 Å². The summed E-state index contributed by atoms with van der Waals surface area (Å²) < 4.78 is 6.54. The Hall–Kier alpha value is -1.56. The average Bonchev–Trinajstić information content (AvgIpc) is 2.90. The Bertz CT molecular complexity index is 774. The first-order valence-electron chi connectivity index (χ1n) is 5.93. The molecule has 4 nitrogen and oxygen atoms in total. The fraction of sp³-hybridized carbons (Fsp3) is 0. The number of nitrogens with one attached hydrogen (secondary N) is 1. The summed E-state index contributed by atoms with van der Waals surface area (Å²) in [5.41, 5.74) is 1.48. The van der Waals surface area contributed by atoms with E-state index in [0.29, 0.717) is 27.5 Å². The summed E-state index contributed by atoms with van der Waals surface area (Å²) in [7, 11) is 0. The van der Waals surface area contributed by atoms with Crippen molar-refractivity contribution in [1.29, 1.82) is 0 Å². The highest BCUT2D eigenvalue weighted by atomic mass is 79.9. The molecule has 0 unspecified atom stereocenters. The van der Waals surface area contributed by atoms with E-state index in [4.69, 9.17) is 27.6 Å². The van der Waals surface area contributed by atoms with Crippen molar-refractivity contribution in [3.05, 3.63) is 57.0 Å². The summed E-state index contributed by atoms with van der Waals surface area (Å²) in [6.07, 6.45) is 0. The lowest BCUT2D eigenvalue weighted by atomic mass is 10.2. The Morgan fingerprint density at radius 3 is 2.48 bits per heavy atom. The van der Waals surface area contributed by atoms with Gasteiger partial charge in [0.1, 0.15) is 0 Å². The van der Waals surface area contributed by atoms with E-state index >= 15 is 0 Å². The number of benzene rings is 2. The molecule has 0 radical (unpaired) electrons. The number of hydrogen-bond donors (Lipinski definition) is 1. The van der Waals surface area contributed by atoms with Crippen LogP contribution >= 0.6 is 39.1 Å². The van der Waals surface area contributed by atoms with Gasteiger partial charge >= 0.3 is 6.01 Å². The Morgan fingerprint density at radius 2 is 1.76 bits per heavy atom. The first-order valence-corrected chi connectivity index (χ1v) is 7.48. The molecule has 0 saturated heterocycles. The molecule has 0 aliphatic carbocycles. The van der Waals surface area contributed by atoms with Gasteiger partial charge in [-0.15, -0.1) is 5.10 Å². The van der Waals surface area contributed by atoms with Gasteiger partial charge in [-0.05, 0) is 42.5 Å². The molecule has 1 heterocycles. The summed E-state index contributed by atoms with van der Waals surface area (Å²) in [4.78, 5) is 0. The smallest absolute Gasteiger partial charge is 0.320 e. The van der Waals surface area contributed by atoms with Crippen LogP contribution in [-0.4, -0.2) is 10.2 Å². The summed E-state index contributed by atoms with van der Waals surface area (Å²) in [6.45, 7) is 0. The van der Waals surface area contributed by atoms with Crippen LogP contribution in [0.3, 0.4) is 0 Å². The molecule has 0 aliphatic rings. The number of rotatable bonds is 3. The molecule has 0 aliphatic heterocycles. The summed E-state index contributed by atoms with van der Waals surface area (Å²) in [5.74, 6) is 0.330. The topological polar surface area (TPSA) is 51.0 Å². The maximum absolute atomic E-state index is 6.11. The molecular weight excluding hydrogens is 377 g/mol. The summed E-state index contributed by atoms with van der Waals surface area (Å²) in [5, 5.41) is 12.0. The van der Waals surface area contributed by atoms with E-state index in [9.17, 15) is 0 Å². The number of halogens is 3. The van der Waals surface area contributed by atoms with Crippen molar-refractivity contribution in [3.63, 3.8) is 0 Å². The van der Waals surface area contributed by atoms with Crippen LogP contribution in [0.4, 0.5) is 11.7 Å². The van der Waals surface area contributed by atoms with Crippen molar-refractivity contribution in [2.24, 2.45) is 0 Å². The molecule has 21 heavy (non-hydrogen) atoms. The normalized spacial score (nSPS) is 10.6. The first-order chi connectivity index (χ1) is 10.1. The molecule has 3 aromatic rings. The molecular formula is C14H8BrCl2N3O. The highest BCUT2D eigenvalue weighted by Gasteiger charge is 2.12. The van der Waals surface area contributed by atoms with Crippen molar-refractivity contribution < 1.29 is 4.42 Å². The molecule has 7 heteroatoms. The van der Waals surface area contributed by atoms with E-state index in [1.54, 1.807) is 18.2 Å². The third-order valence-electron chi connectivity index (χ3n) is 2.68. The third kappa shape index (κ3) is 3.37. The number of aromatic nitrogens is 2. The van der Waals surface area contributed by atoms with Crippen LogP contribution < -0.4 is 5.32 Å². The summed E-state index contributed by atoms with van der Waals surface area (Å²) in [6, 6.07) is 13.0. The SMILES string of the molecule is Clc1ccc(-c2nnc(Nc3ccc(Br)cc3)o2)c(Cl)c1. The first kappa shape index (κ1) is 14.4. The predicted molar refractivity (Wildman–Crippen MR) is 87.2 cm³/mol. The quantitative estimate of drug-likeness (QED) is 0.643. The molecule has 0 bridgehead atoms. The molecule has 1 N–H and O–H groups in total. The van der Waals surface area contributed by atoms with Gasteiger partial charge in [0.25, 0.3) is 5.89 Å². The molecule has 3 rings (SSSR count). The van der Waals surface area contributed by atoms with Gasteiger partial charge in [0.05, 0.1) is 10.6 Å². The largest absolute Gasteiger partial charge is 0.403 e. The Labute approximate surface area is 139 Å². The van der Waals surface area contributed by atoms with E-state index in [0.717, 1.165) is 10.2 Å². The van der Waals surface area contributed by atoms with Crippen LogP contribution in [0.1, 0.15) is 0 Å². The molecule has 1 aromatic heterocycles. The van der Waals surface area contributed by atoms with Crippen LogP contribution in [0.2, 0.25) is 10.0 Å². The summed E-state index contributed by atoms with van der Waals surface area (Å²) >= 11 is 15.4. The van der Waals surface area contributed by atoms with Gasteiger partial charge in [0.2, 0.25) is 0 Å². The molecule has 0 spiro atoms. The minimum absolute atomic E-state index is 0.290. The van der Waals surface area contributed by atoms with E-state index in [1.165, 1.54) is 0 Å². The van der Waals surface area contributed by atoms with Gasteiger partial charge in [-0.2, -0.15) is 0 Å². The Morgan fingerprint density at radius 1 is 1.00 bits per heavy atom. The van der Waals surface area contributed by atoms with Crippen molar-refractivity contribution in [1.82, 2.24) is 10.2 Å². The minimum Gasteiger partial charge on any atom is -0.403 e. The zero-order valence-electron chi connectivity index (χ0n) is 10.5. The maximum atomic E-state index is 6.11.